The molecule has 0 amide bonds. The van der Waals surface area contributed by atoms with Gasteiger partial charge in [-0.25, -0.2) is 9.97 Å². The summed E-state index contributed by atoms with van der Waals surface area (Å²) in [6.45, 7) is 0.239. The van der Waals surface area contributed by atoms with Crippen LogP contribution >= 0.6 is 0 Å². The average Bonchev–Trinajstić information content (AvgIpc) is 2.62. The predicted molar refractivity (Wildman–Crippen MR) is 89.5 cm³/mol. The Bertz CT molecular complexity index is 869. The highest BCUT2D eigenvalue weighted by Gasteiger charge is 2.11. The summed E-state index contributed by atoms with van der Waals surface area (Å²) in [6, 6.07) is 9.92. The minimum Gasteiger partial charge on any atom is -0.326 e. The number of non-ortho nitro benzene ring substituents is 1. The third-order valence-corrected chi connectivity index (χ3v) is 3.38. The van der Waals surface area contributed by atoms with Crippen molar-refractivity contribution in [2.24, 2.45) is 5.73 Å². The minimum absolute atomic E-state index is 0.0295. The van der Waals surface area contributed by atoms with Gasteiger partial charge < -0.3 is 11.1 Å². The Morgan fingerprint density at radius 3 is 2.79 bits per heavy atom. The van der Waals surface area contributed by atoms with Crippen LogP contribution < -0.4 is 11.1 Å². The fourth-order valence-electron chi connectivity index (χ4n) is 2.19. The van der Waals surface area contributed by atoms with Gasteiger partial charge >= 0.3 is 0 Å². The Morgan fingerprint density at radius 2 is 2.08 bits per heavy atom. The normalized spacial score (nSPS) is 10.4. The number of nitrogens with two attached hydrogens (primary N) is 1. The van der Waals surface area contributed by atoms with Crippen LogP contribution in [0.1, 0.15) is 5.56 Å². The number of rotatable bonds is 5. The third kappa shape index (κ3) is 3.33. The molecule has 8 nitrogen and oxygen atoms in total. The molecular weight excluding hydrogens is 308 g/mol. The van der Waals surface area contributed by atoms with Crippen LogP contribution in [-0.2, 0) is 6.54 Å². The molecule has 120 valence electrons. The first-order valence-corrected chi connectivity index (χ1v) is 7.15. The number of nitro groups is 1. The van der Waals surface area contributed by atoms with Gasteiger partial charge in [-0.05, 0) is 29.8 Å². The molecule has 0 fully saturated rings. The zero-order valence-corrected chi connectivity index (χ0v) is 12.6. The van der Waals surface area contributed by atoms with Crippen molar-refractivity contribution in [2.75, 3.05) is 5.32 Å². The van der Waals surface area contributed by atoms with Gasteiger partial charge in [0, 0.05) is 42.8 Å². The highest BCUT2D eigenvalue weighted by molar-refractivity contribution is 5.65. The molecule has 2 heterocycles. The van der Waals surface area contributed by atoms with Crippen molar-refractivity contribution in [1.82, 2.24) is 15.0 Å². The predicted octanol–water partition coefficient (Wildman–Crippen LogP) is 2.65. The number of hydrogen-bond acceptors (Lipinski definition) is 7. The van der Waals surface area contributed by atoms with Crippen LogP contribution in [-0.4, -0.2) is 19.9 Å². The highest BCUT2D eigenvalue weighted by atomic mass is 16.6. The van der Waals surface area contributed by atoms with E-state index in [1.54, 1.807) is 30.7 Å². The number of hydrogen-bond donors (Lipinski definition) is 2. The van der Waals surface area contributed by atoms with Crippen LogP contribution in [0.4, 0.5) is 17.3 Å². The minimum atomic E-state index is -0.460. The van der Waals surface area contributed by atoms with Crippen molar-refractivity contribution in [1.29, 1.82) is 0 Å². The van der Waals surface area contributed by atoms with Crippen molar-refractivity contribution in [2.45, 2.75) is 6.54 Å². The van der Waals surface area contributed by atoms with Gasteiger partial charge in [0.25, 0.3) is 5.69 Å². The zero-order valence-electron chi connectivity index (χ0n) is 12.6. The standard InChI is InChI=1S/C16H14N6O2/c17-9-11-3-4-13(22(23)24)8-15(11)21-16-19-7-5-14(20-16)12-2-1-6-18-10-12/h1-8,10H,9,17H2,(H,19,20,21). The third-order valence-electron chi connectivity index (χ3n) is 3.38. The molecule has 0 unspecified atom stereocenters. The smallest absolute Gasteiger partial charge is 0.271 e. The number of anilines is 2. The van der Waals surface area contributed by atoms with Gasteiger partial charge in [-0.15, -0.1) is 0 Å². The van der Waals surface area contributed by atoms with Crippen LogP contribution in [0.25, 0.3) is 11.3 Å². The lowest BCUT2D eigenvalue weighted by Gasteiger charge is -2.10. The van der Waals surface area contributed by atoms with E-state index in [4.69, 9.17) is 5.73 Å². The van der Waals surface area contributed by atoms with E-state index >= 15 is 0 Å². The first-order valence-electron chi connectivity index (χ1n) is 7.15. The maximum Gasteiger partial charge on any atom is 0.271 e. The van der Waals surface area contributed by atoms with E-state index in [2.05, 4.69) is 20.3 Å². The van der Waals surface area contributed by atoms with E-state index in [9.17, 15) is 10.1 Å². The van der Waals surface area contributed by atoms with Gasteiger partial charge in [0.05, 0.1) is 16.3 Å². The van der Waals surface area contributed by atoms with E-state index < -0.39 is 4.92 Å². The largest absolute Gasteiger partial charge is 0.326 e. The molecule has 0 aliphatic heterocycles. The summed E-state index contributed by atoms with van der Waals surface area (Å²) in [5.41, 5.74) is 8.45. The number of nitrogens with zero attached hydrogens (tertiary/aromatic N) is 4. The molecule has 0 radical (unpaired) electrons. The molecule has 0 aliphatic rings. The lowest BCUT2D eigenvalue weighted by Crippen LogP contribution is -2.05. The van der Waals surface area contributed by atoms with Crippen LogP contribution in [0.3, 0.4) is 0 Å². The molecule has 3 N–H and O–H groups in total. The maximum atomic E-state index is 11.0. The topological polar surface area (TPSA) is 120 Å². The van der Waals surface area contributed by atoms with Gasteiger partial charge in [0.15, 0.2) is 0 Å². The van der Waals surface area contributed by atoms with Crippen molar-refractivity contribution in [3.63, 3.8) is 0 Å². The van der Waals surface area contributed by atoms with Crippen LogP contribution in [0, 0.1) is 10.1 Å². The Labute approximate surface area is 137 Å². The number of pyridine rings is 1. The molecule has 0 saturated carbocycles. The number of nitro benzene ring substituents is 1. The van der Waals surface area contributed by atoms with Crippen molar-refractivity contribution < 1.29 is 4.92 Å². The van der Waals surface area contributed by atoms with Gasteiger partial charge in [-0.3, -0.25) is 15.1 Å². The van der Waals surface area contributed by atoms with Gasteiger partial charge in [0.1, 0.15) is 0 Å². The molecule has 8 heteroatoms. The molecular formula is C16H14N6O2. The second-order valence-electron chi connectivity index (χ2n) is 4.93. The Hall–Kier alpha value is -3.39. The Balaban J connectivity index is 1.94. The SMILES string of the molecule is NCc1ccc([N+](=O)[O-])cc1Nc1nccc(-c2cccnc2)n1. The summed E-state index contributed by atoms with van der Waals surface area (Å²) in [7, 11) is 0. The first-order chi connectivity index (χ1) is 11.7. The summed E-state index contributed by atoms with van der Waals surface area (Å²) < 4.78 is 0. The lowest BCUT2D eigenvalue weighted by atomic mass is 10.1. The second kappa shape index (κ2) is 6.80. The Morgan fingerprint density at radius 1 is 1.21 bits per heavy atom. The average molecular weight is 322 g/mol. The summed E-state index contributed by atoms with van der Waals surface area (Å²) in [5.74, 6) is 0.326. The molecule has 3 aromatic rings. The lowest BCUT2D eigenvalue weighted by molar-refractivity contribution is -0.384. The summed E-state index contributed by atoms with van der Waals surface area (Å²) >= 11 is 0. The van der Waals surface area contributed by atoms with Crippen LogP contribution in [0.2, 0.25) is 0 Å². The van der Waals surface area contributed by atoms with E-state index in [0.717, 1.165) is 11.1 Å². The number of benzene rings is 1. The molecule has 1 aromatic carbocycles. The maximum absolute atomic E-state index is 11.0. The number of aromatic nitrogens is 3. The van der Waals surface area contributed by atoms with E-state index in [1.807, 2.05) is 12.1 Å². The molecule has 24 heavy (non-hydrogen) atoms. The van der Waals surface area contributed by atoms with Gasteiger partial charge in [-0.2, -0.15) is 0 Å². The second-order valence-corrected chi connectivity index (χ2v) is 4.93. The molecule has 0 atom stereocenters. The fraction of sp³-hybridized carbons (Fsp3) is 0.0625. The summed E-state index contributed by atoms with van der Waals surface area (Å²) in [4.78, 5) is 23.1. The first kappa shape index (κ1) is 15.5. The molecule has 2 aromatic heterocycles. The van der Waals surface area contributed by atoms with E-state index in [-0.39, 0.29) is 12.2 Å². The van der Waals surface area contributed by atoms with Gasteiger partial charge in [-0.1, -0.05) is 0 Å². The number of nitrogens with one attached hydrogen (secondary N) is 1. The summed E-state index contributed by atoms with van der Waals surface area (Å²) in [5, 5.41) is 14.0. The monoisotopic (exact) mass is 322 g/mol. The fourth-order valence-corrected chi connectivity index (χ4v) is 2.19. The summed E-state index contributed by atoms with van der Waals surface area (Å²) in [6.07, 6.45) is 4.99. The van der Waals surface area contributed by atoms with Crippen molar-refractivity contribution in [3.05, 3.63) is 70.7 Å². The Kier molecular flexibility index (Phi) is 4.39. The van der Waals surface area contributed by atoms with E-state index in [1.165, 1.54) is 12.1 Å². The quantitative estimate of drug-likeness (QED) is 0.547. The van der Waals surface area contributed by atoms with Crippen molar-refractivity contribution >= 4 is 17.3 Å². The van der Waals surface area contributed by atoms with Crippen LogP contribution in [0.5, 0.6) is 0 Å². The van der Waals surface area contributed by atoms with Gasteiger partial charge in [0.2, 0.25) is 5.95 Å². The highest BCUT2D eigenvalue weighted by Crippen LogP contribution is 2.25. The van der Waals surface area contributed by atoms with Crippen LogP contribution in [0.15, 0.2) is 55.0 Å². The molecule has 0 spiro atoms. The van der Waals surface area contributed by atoms with Crippen molar-refractivity contribution in [3.8, 4) is 11.3 Å². The van der Waals surface area contributed by atoms with E-state index in [0.29, 0.717) is 17.3 Å². The zero-order chi connectivity index (χ0) is 16.9. The molecule has 3 rings (SSSR count). The molecule has 0 saturated heterocycles. The molecule has 0 aliphatic carbocycles. The molecule has 0 bridgehead atoms.